The van der Waals surface area contributed by atoms with Crippen LogP contribution < -0.4 is 4.74 Å². The minimum atomic E-state index is 0.522. The van der Waals surface area contributed by atoms with Crippen LogP contribution in [0.1, 0.15) is 5.56 Å². The SMILES string of the molecule is Cc1ccc(Oc2ncncc2Br)cc1. The minimum Gasteiger partial charge on any atom is -0.438 e. The van der Waals surface area contributed by atoms with E-state index in [2.05, 4.69) is 25.9 Å². The Balaban J connectivity index is 2.22. The molecule has 0 atom stereocenters. The van der Waals surface area contributed by atoms with Crippen LogP contribution in [-0.2, 0) is 0 Å². The van der Waals surface area contributed by atoms with E-state index in [1.165, 1.54) is 11.9 Å². The molecule has 15 heavy (non-hydrogen) atoms. The van der Waals surface area contributed by atoms with Gasteiger partial charge in [-0.1, -0.05) is 17.7 Å². The number of rotatable bonds is 2. The van der Waals surface area contributed by atoms with Gasteiger partial charge in [0.25, 0.3) is 0 Å². The summed E-state index contributed by atoms with van der Waals surface area (Å²) in [6.45, 7) is 2.03. The van der Waals surface area contributed by atoms with E-state index in [1.807, 2.05) is 31.2 Å². The van der Waals surface area contributed by atoms with Crippen molar-refractivity contribution in [2.75, 3.05) is 0 Å². The van der Waals surface area contributed by atoms with Crippen molar-refractivity contribution in [3.8, 4) is 11.6 Å². The molecule has 0 saturated heterocycles. The minimum absolute atomic E-state index is 0.522. The standard InChI is InChI=1S/C11H9BrN2O/c1-8-2-4-9(5-3-8)15-11-10(12)6-13-7-14-11/h2-7H,1H3. The van der Waals surface area contributed by atoms with Gasteiger partial charge in [-0.3, -0.25) is 0 Å². The highest BCUT2D eigenvalue weighted by atomic mass is 79.9. The Morgan fingerprint density at radius 2 is 1.93 bits per heavy atom. The average molecular weight is 265 g/mol. The van der Waals surface area contributed by atoms with Crippen LogP contribution in [0.25, 0.3) is 0 Å². The second kappa shape index (κ2) is 4.40. The lowest BCUT2D eigenvalue weighted by molar-refractivity contribution is 0.458. The lowest BCUT2D eigenvalue weighted by Crippen LogP contribution is -1.89. The first-order chi connectivity index (χ1) is 7.25. The first-order valence-electron chi connectivity index (χ1n) is 4.46. The molecule has 3 nitrogen and oxygen atoms in total. The van der Waals surface area contributed by atoms with Crippen molar-refractivity contribution in [3.63, 3.8) is 0 Å². The highest BCUT2D eigenvalue weighted by Gasteiger charge is 2.02. The quantitative estimate of drug-likeness (QED) is 0.835. The Hall–Kier alpha value is -1.42. The average Bonchev–Trinajstić information content (AvgIpc) is 2.25. The molecule has 0 radical (unpaired) electrons. The summed E-state index contributed by atoms with van der Waals surface area (Å²) in [6.07, 6.45) is 3.10. The summed E-state index contributed by atoms with van der Waals surface area (Å²) >= 11 is 3.32. The molecule has 0 aliphatic carbocycles. The van der Waals surface area contributed by atoms with Crippen molar-refractivity contribution in [1.82, 2.24) is 9.97 Å². The Bertz CT molecular complexity index is 456. The normalized spacial score (nSPS) is 10.0. The van der Waals surface area contributed by atoms with Gasteiger partial charge in [0, 0.05) is 6.20 Å². The third kappa shape index (κ3) is 2.53. The Morgan fingerprint density at radius 1 is 1.20 bits per heavy atom. The fourth-order valence-electron chi connectivity index (χ4n) is 1.09. The maximum absolute atomic E-state index is 5.57. The number of aromatic nitrogens is 2. The number of nitrogens with zero attached hydrogens (tertiary/aromatic N) is 2. The predicted molar refractivity (Wildman–Crippen MR) is 61.0 cm³/mol. The lowest BCUT2D eigenvalue weighted by Gasteiger charge is -2.05. The van der Waals surface area contributed by atoms with Gasteiger partial charge in [-0.05, 0) is 35.0 Å². The first-order valence-corrected chi connectivity index (χ1v) is 5.25. The van der Waals surface area contributed by atoms with E-state index >= 15 is 0 Å². The first kappa shape index (κ1) is 10.1. The second-order valence-electron chi connectivity index (χ2n) is 3.09. The van der Waals surface area contributed by atoms with Crippen molar-refractivity contribution in [3.05, 3.63) is 46.8 Å². The topological polar surface area (TPSA) is 35.0 Å². The number of aryl methyl sites for hydroxylation is 1. The molecule has 1 aromatic carbocycles. The van der Waals surface area contributed by atoms with Crippen LogP contribution in [0.2, 0.25) is 0 Å². The maximum atomic E-state index is 5.57. The maximum Gasteiger partial charge on any atom is 0.236 e. The third-order valence-electron chi connectivity index (χ3n) is 1.87. The number of hydrogen-bond donors (Lipinski definition) is 0. The second-order valence-corrected chi connectivity index (χ2v) is 3.95. The largest absolute Gasteiger partial charge is 0.438 e. The van der Waals surface area contributed by atoms with E-state index in [0.717, 1.165) is 10.2 Å². The summed E-state index contributed by atoms with van der Waals surface area (Å²) in [7, 11) is 0. The molecule has 0 unspecified atom stereocenters. The van der Waals surface area contributed by atoms with Crippen molar-refractivity contribution in [1.29, 1.82) is 0 Å². The van der Waals surface area contributed by atoms with Crippen molar-refractivity contribution in [2.24, 2.45) is 0 Å². The van der Waals surface area contributed by atoms with E-state index in [0.29, 0.717) is 5.88 Å². The highest BCUT2D eigenvalue weighted by molar-refractivity contribution is 9.10. The fraction of sp³-hybridized carbons (Fsp3) is 0.0909. The van der Waals surface area contributed by atoms with Gasteiger partial charge in [-0.2, -0.15) is 0 Å². The molecule has 76 valence electrons. The van der Waals surface area contributed by atoms with Crippen molar-refractivity contribution in [2.45, 2.75) is 6.92 Å². The van der Waals surface area contributed by atoms with Gasteiger partial charge in [-0.15, -0.1) is 0 Å². The Morgan fingerprint density at radius 3 is 2.60 bits per heavy atom. The summed E-state index contributed by atoms with van der Waals surface area (Å²) in [5.41, 5.74) is 1.20. The zero-order valence-electron chi connectivity index (χ0n) is 8.14. The van der Waals surface area contributed by atoms with Gasteiger partial charge in [0.2, 0.25) is 5.88 Å². The van der Waals surface area contributed by atoms with Crippen LogP contribution in [0.4, 0.5) is 0 Å². The van der Waals surface area contributed by atoms with E-state index in [9.17, 15) is 0 Å². The zero-order valence-corrected chi connectivity index (χ0v) is 9.73. The zero-order chi connectivity index (χ0) is 10.7. The number of benzene rings is 1. The van der Waals surface area contributed by atoms with Gasteiger partial charge in [-0.25, -0.2) is 9.97 Å². The molecule has 0 aliphatic rings. The molecular weight excluding hydrogens is 256 g/mol. The van der Waals surface area contributed by atoms with Gasteiger partial charge in [0.05, 0.1) is 4.47 Å². The molecule has 0 aliphatic heterocycles. The van der Waals surface area contributed by atoms with Gasteiger partial charge in [0.15, 0.2) is 0 Å². The van der Waals surface area contributed by atoms with Crippen LogP contribution in [0.3, 0.4) is 0 Å². The molecule has 1 aromatic heterocycles. The fourth-order valence-corrected chi connectivity index (χ4v) is 1.40. The predicted octanol–water partition coefficient (Wildman–Crippen LogP) is 3.34. The molecule has 1 heterocycles. The van der Waals surface area contributed by atoms with Gasteiger partial charge in [0.1, 0.15) is 12.1 Å². The van der Waals surface area contributed by atoms with E-state index < -0.39 is 0 Å². The third-order valence-corrected chi connectivity index (χ3v) is 2.41. The van der Waals surface area contributed by atoms with Crippen LogP contribution >= 0.6 is 15.9 Å². The molecule has 0 amide bonds. The Labute approximate surface area is 96.3 Å². The molecule has 0 spiro atoms. The number of halogens is 1. The van der Waals surface area contributed by atoms with Gasteiger partial charge >= 0.3 is 0 Å². The van der Waals surface area contributed by atoms with E-state index in [-0.39, 0.29) is 0 Å². The smallest absolute Gasteiger partial charge is 0.236 e. The molecule has 2 rings (SSSR count). The Kier molecular flexibility index (Phi) is 2.97. The van der Waals surface area contributed by atoms with Crippen LogP contribution in [0.15, 0.2) is 41.3 Å². The van der Waals surface area contributed by atoms with Crippen molar-refractivity contribution >= 4 is 15.9 Å². The highest BCUT2D eigenvalue weighted by Crippen LogP contribution is 2.25. The van der Waals surface area contributed by atoms with Gasteiger partial charge < -0.3 is 4.74 Å². The van der Waals surface area contributed by atoms with Crippen LogP contribution in [0.5, 0.6) is 11.6 Å². The van der Waals surface area contributed by atoms with E-state index in [1.54, 1.807) is 6.20 Å². The summed E-state index contributed by atoms with van der Waals surface area (Å²) in [4.78, 5) is 7.88. The monoisotopic (exact) mass is 264 g/mol. The number of ether oxygens (including phenoxy) is 1. The molecule has 0 fully saturated rings. The summed E-state index contributed by atoms with van der Waals surface area (Å²) < 4.78 is 6.31. The molecule has 4 heteroatoms. The lowest BCUT2D eigenvalue weighted by atomic mass is 10.2. The molecule has 0 saturated carbocycles. The molecular formula is C11H9BrN2O. The molecule has 0 bridgehead atoms. The molecule has 2 aromatic rings. The van der Waals surface area contributed by atoms with Crippen molar-refractivity contribution < 1.29 is 4.74 Å². The number of hydrogen-bond acceptors (Lipinski definition) is 3. The van der Waals surface area contributed by atoms with E-state index in [4.69, 9.17) is 4.74 Å². The molecule has 0 N–H and O–H groups in total. The summed E-state index contributed by atoms with van der Waals surface area (Å²) in [5, 5.41) is 0. The summed E-state index contributed by atoms with van der Waals surface area (Å²) in [6, 6.07) is 7.79. The summed E-state index contributed by atoms with van der Waals surface area (Å²) in [5.74, 6) is 1.29. The van der Waals surface area contributed by atoms with Crippen LogP contribution in [0, 0.1) is 6.92 Å². The van der Waals surface area contributed by atoms with Crippen LogP contribution in [-0.4, -0.2) is 9.97 Å².